The zero-order valence-corrected chi connectivity index (χ0v) is 16.8. The van der Waals surface area contributed by atoms with Crippen molar-refractivity contribution >= 4 is 11.8 Å². The van der Waals surface area contributed by atoms with Crippen molar-refractivity contribution in [1.29, 1.82) is 0 Å². The summed E-state index contributed by atoms with van der Waals surface area (Å²) in [6.45, 7) is 1.88. The van der Waals surface area contributed by atoms with Crippen molar-refractivity contribution in [2.75, 3.05) is 33.3 Å². The Morgan fingerprint density at radius 2 is 1.70 bits per heavy atom. The van der Waals surface area contributed by atoms with Crippen LogP contribution in [0.5, 0.6) is 5.75 Å². The smallest absolute Gasteiger partial charge is 0.253 e. The summed E-state index contributed by atoms with van der Waals surface area (Å²) >= 11 is 0. The zero-order valence-electron chi connectivity index (χ0n) is 16.8. The molecule has 2 saturated heterocycles. The molecule has 2 atom stereocenters. The largest absolute Gasteiger partial charge is 0.497 e. The average Bonchev–Trinajstić information content (AvgIpc) is 3.29. The molecule has 2 aromatic carbocycles. The fourth-order valence-electron chi connectivity index (χ4n) is 3.92. The lowest BCUT2D eigenvalue weighted by Crippen LogP contribution is -2.54. The van der Waals surface area contributed by atoms with E-state index in [4.69, 9.17) is 4.74 Å². The van der Waals surface area contributed by atoms with Crippen molar-refractivity contribution in [2.24, 2.45) is 0 Å². The lowest BCUT2D eigenvalue weighted by molar-refractivity contribution is -0.134. The quantitative estimate of drug-likeness (QED) is 0.800. The second-order valence-corrected chi connectivity index (χ2v) is 7.53. The SMILES string of the molecule is COc1cccc(C2CC(C(=O)N3CCN(C(=O)c4ccc(F)cc4)CC3)NN2)c1. The molecule has 0 bridgehead atoms. The van der Waals surface area contributed by atoms with Gasteiger partial charge in [0.25, 0.3) is 5.91 Å². The standard InChI is InChI=1S/C22H25FN4O3/c1-30-18-4-2-3-16(13-18)19-14-20(25-24-19)22(29)27-11-9-26(10-12-27)21(28)15-5-7-17(23)8-6-15/h2-8,13,19-20,24-25H,9-12,14H2,1H3. The number of rotatable bonds is 4. The van der Waals surface area contributed by atoms with Gasteiger partial charge in [-0.25, -0.2) is 15.2 Å². The highest BCUT2D eigenvalue weighted by Crippen LogP contribution is 2.26. The Morgan fingerprint density at radius 1 is 1.00 bits per heavy atom. The highest BCUT2D eigenvalue weighted by Gasteiger charge is 2.34. The van der Waals surface area contributed by atoms with E-state index in [1.54, 1.807) is 16.9 Å². The Morgan fingerprint density at radius 3 is 2.40 bits per heavy atom. The third kappa shape index (κ3) is 4.29. The predicted molar refractivity (Wildman–Crippen MR) is 109 cm³/mol. The number of carbonyl (C=O) groups excluding carboxylic acids is 2. The number of ether oxygens (including phenoxy) is 1. The number of halogens is 1. The van der Waals surface area contributed by atoms with E-state index < -0.39 is 0 Å². The molecule has 2 N–H and O–H groups in total. The summed E-state index contributed by atoms with van der Waals surface area (Å²) in [5.74, 6) is 0.306. The zero-order chi connectivity index (χ0) is 21.1. The van der Waals surface area contributed by atoms with Gasteiger partial charge in [0.1, 0.15) is 17.6 Å². The molecule has 2 aromatic rings. The summed E-state index contributed by atoms with van der Waals surface area (Å²) in [6, 6.07) is 13.0. The number of piperazine rings is 1. The van der Waals surface area contributed by atoms with Crippen LogP contribution in [0.2, 0.25) is 0 Å². The molecule has 7 nitrogen and oxygen atoms in total. The van der Waals surface area contributed by atoms with Gasteiger partial charge in [0.2, 0.25) is 5.91 Å². The molecule has 158 valence electrons. The molecule has 30 heavy (non-hydrogen) atoms. The van der Waals surface area contributed by atoms with Crippen LogP contribution in [0.25, 0.3) is 0 Å². The lowest BCUT2D eigenvalue weighted by Gasteiger charge is -2.36. The van der Waals surface area contributed by atoms with Crippen molar-refractivity contribution in [2.45, 2.75) is 18.5 Å². The monoisotopic (exact) mass is 412 g/mol. The van der Waals surface area contributed by atoms with E-state index in [-0.39, 0.29) is 29.7 Å². The number of methoxy groups -OCH3 is 1. The molecule has 0 aromatic heterocycles. The van der Waals surface area contributed by atoms with Gasteiger partial charge < -0.3 is 14.5 Å². The van der Waals surface area contributed by atoms with Crippen LogP contribution < -0.4 is 15.6 Å². The van der Waals surface area contributed by atoms with Gasteiger partial charge in [-0.2, -0.15) is 0 Å². The van der Waals surface area contributed by atoms with Gasteiger partial charge in [0.15, 0.2) is 0 Å². The molecule has 2 fully saturated rings. The Balaban J connectivity index is 1.31. The Labute approximate surface area is 174 Å². The first-order valence-electron chi connectivity index (χ1n) is 10.0. The minimum absolute atomic E-state index is 0.0235. The summed E-state index contributed by atoms with van der Waals surface area (Å²) in [5.41, 5.74) is 7.83. The number of carbonyl (C=O) groups is 2. The van der Waals surface area contributed by atoms with E-state index in [2.05, 4.69) is 10.9 Å². The number of hydrogen-bond acceptors (Lipinski definition) is 5. The average molecular weight is 412 g/mol. The van der Waals surface area contributed by atoms with Crippen LogP contribution in [0.3, 0.4) is 0 Å². The van der Waals surface area contributed by atoms with Gasteiger partial charge in [0.05, 0.1) is 7.11 Å². The van der Waals surface area contributed by atoms with E-state index in [1.165, 1.54) is 24.3 Å². The van der Waals surface area contributed by atoms with Crippen molar-refractivity contribution in [1.82, 2.24) is 20.7 Å². The van der Waals surface area contributed by atoms with E-state index in [1.807, 2.05) is 24.3 Å². The van der Waals surface area contributed by atoms with Gasteiger partial charge in [0, 0.05) is 37.8 Å². The number of benzene rings is 2. The molecular weight excluding hydrogens is 387 g/mol. The van der Waals surface area contributed by atoms with E-state index in [0.29, 0.717) is 38.2 Å². The first-order valence-corrected chi connectivity index (χ1v) is 10.0. The third-order valence-electron chi connectivity index (χ3n) is 5.67. The second-order valence-electron chi connectivity index (χ2n) is 7.53. The van der Waals surface area contributed by atoms with Crippen molar-refractivity contribution in [3.8, 4) is 5.75 Å². The van der Waals surface area contributed by atoms with Crippen LogP contribution in [-0.4, -0.2) is 60.9 Å². The van der Waals surface area contributed by atoms with E-state index in [0.717, 1.165) is 11.3 Å². The number of amides is 2. The van der Waals surface area contributed by atoms with Crippen LogP contribution in [0, 0.1) is 5.82 Å². The Hall–Kier alpha value is -2.97. The van der Waals surface area contributed by atoms with Crippen molar-refractivity contribution < 1.29 is 18.7 Å². The van der Waals surface area contributed by atoms with Gasteiger partial charge >= 0.3 is 0 Å². The number of nitrogens with one attached hydrogen (secondary N) is 2. The maximum absolute atomic E-state index is 13.1. The summed E-state index contributed by atoms with van der Waals surface area (Å²) in [6.07, 6.45) is 0.640. The van der Waals surface area contributed by atoms with Crippen molar-refractivity contribution in [3.05, 3.63) is 65.5 Å². The molecule has 2 heterocycles. The molecule has 0 aliphatic carbocycles. The molecule has 0 radical (unpaired) electrons. The predicted octanol–water partition coefficient (Wildman–Crippen LogP) is 1.73. The van der Waals surface area contributed by atoms with E-state index >= 15 is 0 Å². The Kier molecular flexibility index (Phi) is 5.96. The number of nitrogens with zero attached hydrogens (tertiary/aromatic N) is 2. The minimum Gasteiger partial charge on any atom is -0.497 e. The topological polar surface area (TPSA) is 73.9 Å². The molecule has 2 aliphatic rings. The van der Waals surface area contributed by atoms with Gasteiger partial charge in [-0.3, -0.25) is 9.59 Å². The second kappa shape index (κ2) is 8.81. The maximum Gasteiger partial charge on any atom is 0.253 e. The molecule has 8 heteroatoms. The first-order chi connectivity index (χ1) is 14.5. The molecular formula is C22H25FN4O3. The molecule has 4 rings (SSSR count). The van der Waals surface area contributed by atoms with Gasteiger partial charge in [-0.1, -0.05) is 12.1 Å². The molecule has 2 aliphatic heterocycles. The first kappa shape index (κ1) is 20.3. The summed E-state index contributed by atoms with van der Waals surface area (Å²) in [4.78, 5) is 29.0. The van der Waals surface area contributed by atoms with Crippen LogP contribution in [0.1, 0.15) is 28.4 Å². The molecule has 2 amide bonds. The fraction of sp³-hybridized carbons (Fsp3) is 0.364. The van der Waals surface area contributed by atoms with Crippen LogP contribution in [0.4, 0.5) is 4.39 Å². The summed E-state index contributed by atoms with van der Waals surface area (Å²) < 4.78 is 18.3. The van der Waals surface area contributed by atoms with Crippen LogP contribution >= 0.6 is 0 Å². The molecule has 2 unspecified atom stereocenters. The summed E-state index contributed by atoms with van der Waals surface area (Å²) in [7, 11) is 1.63. The fourth-order valence-corrected chi connectivity index (χ4v) is 3.92. The minimum atomic E-state index is -0.369. The third-order valence-corrected chi connectivity index (χ3v) is 5.67. The highest BCUT2D eigenvalue weighted by atomic mass is 19.1. The molecule has 0 saturated carbocycles. The van der Waals surface area contributed by atoms with Gasteiger partial charge in [-0.15, -0.1) is 0 Å². The van der Waals surface area contributed by atoms with Gasteiger partial charge in [-0.05, 0) is 48.4 Å². The number of hydrogen-bond donors (Lipinski definition) is 2. The lowest BCUT2D eigenvalue weighted by atomic mass is 10.0. The molecule has 0 spiro atoms. The Bertz CT molecular complexity index is 913. The highest BCUT2D eigenvalue weighted by molar-refractivity contribution is 5.94. The van der Waals surface area contributed by atoms with Crippen molar-refractivity contribution in [3.63, 3.8) is 0 Å². The van der Waals surface area contributed by atoms with Crippen LogP contribution in [0.15, 0.2) is 48.5 Å². The van der Waals surface area contributed by atoms with E-state index in [9.17, 15) is 14.0 Å². The maximum atomic E-state index is 13.1. The number of hydrazine groups is 1. The van der Waals surface area contributed by atoms with Crippen LogP contribution in [-0.2, 0) is 4.79 Å². The normalized spacial score (nSPS) is 21.5. The summed E-state index contributed by atoms with van der Waals surface area (Å²) in [5, 5.41) is 0.